The Morgan fingerprint density at radius 1 is 1.59 bits per heavy atom. The molecule has 0 aliphatic heterocycles. The van der Waals surface area contributed by atoms with Gasteiger partial charge in [-0.1, -0.05) is 6.07 Å². The average Bonchev–Trinajstić information content (AvgIpc) is 2.34. The molecule has 0 saturated carbocycles. The number of carboxylic acid groups (broad SMARTS) is 1. The van der Waals surface area contributed by atoms with E-state index in [0.29, 0.717) is 12.1 Å². The van der Waals surface area contributed by atoms with Gasteiger partial charge in [-0.25, -0.2) is 0 Å². The van der Waals surface area contributed by atoms with Crippen LogP contribution in [0.15, 0.2) is 23.1 Å². The predicted octanol–water partition coefficient (Wildman–Crippen LogP) is 2.19. The van der Waals surface area contributed by atoms with Crippen LogP contribution < -0.4 is 4.90 Å². The van der Waals surface area contributed by atoms with E-state index < -0.39 is 5.97 Å². The van der Waals surface area contributed by atoms with E-state index in [1.807, 2.05) is 24.5 Å². The largest absolute Gasteiger partial charge is 0.481 e. The van der Waals surface area contributed by atoms with Crippen molar-refractivity contribution in [3.63, 3.8) is 0 Å². The van der Waals surface area contributed by atoms with Crippen molar-refractivity contribution in [1.29, 1.82) is 5.26 Å². The third-order valence-corrected chi connectivity index (χ3v) is 3.19. The van der Waals surface area contributed by atoms with Gasteiger partial charge in [0.2, 0.25) is 0 Å². The molecular weight excluding hydrogens is 236 g/mol. The Bertz CT molecular complexity index is 454. The normalized spacial score (nSPS) is 9.71. The van der Waals surface area contributed by atoms with Crippen molar-refractivity contribution in [2.75, 3.05) is 24.7 Å². The minimum atomic E-state index is -0.837. The molecule has 1 N–H and O–H groups in total. The maximum absolute atomic E-state index is 10.5. The summed E-state index contributed by atoms with van der Waals surface area (Å²) in [6.07, 6.45) is 1.97. The Hall–Kier alpha value is -1.67. The number of anilines is 1. The van der Waals surface area contributed by atoms with Crippen molar-refractivity contribution in [3.8, 4) is 6.07 Å². The van der Waals surface area contributed by atoms with Crippen molar-refractivity contribution >= 4 is 23.4 Å². The fourth-order valence-electron chi connectivity index (χ4n) is 1.50. The first kappa shape index (κ1) is 13.4. The second-order valence-electron chi connectivity index (χ2n) is 3.53. The van der Waals surface area contributed by atoms with E-state index in [9.17, 15) is 4.79 Å². The van der Waals surface area contributed by atoms with Gasteiger partial charge in [-0.3, -0.25) is 4.79 Å². The lowest BCUT2D eigenvalue weighted by Crippen LogP contribution is -2.22. The molecule has 0 unspecified atom stereocenters. The van der Waals surface area contributed by atoms with Crippen molar-refractivity contribution in [2.24, 2.45) is 0 Å². The molecule has 0 amide bonds. The molecule has 0 heterocycles. The summed E-state index contributed by atoms with van der Waals surface area (Å²) in [5.74, 6) is -0.837. The van der Waals surface area contributed by atoms with Gasteiger partial charge in [-0.05, 0) is 18.4 Å². The summed E-state index contributed by atoms with van der Waals surface area (Å²) in [4.78, 5) is 13.2. The highest BCUT2D eigenvalue weighted by Gasteiger charge is 2.11. The molecule has 1 aromatic carbocycles. The summed E-state index contributed by atoms with van der Waals surface area (Å²) < 4.78 is 0. The second-order valence-corrected chi connectivity index (χ2v) is 4.38. The van der Waals surface area contributed by atoms with Gasteiger partial charge in [0.15, 0.2) is 0 Å². The third-order valence-electron chi connectivity index (χ3n) is 2.41. The minimum Gasteiger partial charge on any atom is -0.481 e. The molecule has 0 fully saturated rings. The zero-order chi connectivity index (χ0) is 12.8. The molecular formula is C12H14N2O2S. The van der Waals surface area contributed by atoms with Crippen LogP contribution in [-0.4, -0.2) is 30.9 Å². The summed E-state index contributed by atoms with van der Waals surface area (Å²) in [5.41, 5.74) is 1.38. The highest BCUT2D eigenvalue weighted by Crippen LogP contribution is 2.28. The van der Waals surface area contributed by atoms with E-state index >= 15 is 0 Å². The molecule has 1 aromatic rings. The average molecular weight is 250 g/mol. The van der Waals surface area contributed by atoms with Gasteiger partial charge in [-0.2, -0.15) is 5.26 Å². The lowest BCUT2D eigenvalue weighted by Gasteiger charge is -2.20. The molecule has 0 radical (unpaired) electrons. The molecule has 0 bridgehead atoms. The number of rotatable bonds is 5. The third kappa shape index (κ3) is 3.40. The van der Waals surface area contributed by atoms with Crippen molar-refractivity contribution < 1.29 is 9.90 Å². The Morgan fingerprint density at radius 2 is 2.29 bits per heavy atom. The number of carbonyl (C=O) groups is 1. The molecule has 90 valence electrons. The first-order valence-corrected chi connectivity index (χ1v) is 6.32. The molecule has 5 heteroatoms. The summed E-state index contributed by atoms with van der Waals surface area (Å²) >= 11 is 1.51. The summed E-state index contributed by atoms with van der Waals surface area (Å²) in [6.45, 7) is 0.391. The quantitative estimate of drug-likeness (QED) is 0.811. The number of hydrogen-bond donors (Lipinski definition) is 1. The van der Waals surface area contributed by atoms with Gasteiger partial charge in [0.25, 0.3) is 0 Å². The molecule has 4 nitrogen and oxygen atoms in total. The molecule has 0 aliphatic carbocycles. The number of carboxylic acids is 1. The fourth-order valence-corrected chi connectivity index (χ4v) is 2.07. The first-order valence-electron chi connectivity index (χ1n) is 5.10. The monoisotopic (exact) mass is 250 g/mol. The maximum Gasteiger partial charge on any atom is 0.305 e. The van der Waals surface area contributed by atoms with Gasteiger partial charge in [0.05, 0.1) is 17.7 Å². The molecule has 0 aromatic heterocycles. The summed E-state index contributed by atoms with van der Waals surface area (Å²) in [5, 5.41) is 17.8. The van der Waals surface area contributed by atoms with Gasteiger partial charge >= 0.3 is 5.97 Å². The number of benzene rings is 1. The summed E-state index contributed by atoms with van der Waals surface area (Å²) in [7, 11) is 1.79. The van der Waals surface area contributed by atoms with Crippen LogP contribution in [0, 0.1) is 11.3 Å². The van der Waals surface area contributed by atoms with E-state index in [1.54, 1.807) is 11.9 Å². The number of thioether (sulfide) groups is 1. The smallest absolute Gasteiger partial charge is 0.305 e. The number of nitrogens with zero attached hydrogens (tertiary/aromatic N) is 2. The van der Waals surface area contributed by atoms with Crippen LogP contribution >= 0.6 is 11.8 Å². The van der Waals surface area contributed by atoms with Crippen LogP contribution in [0.1, 0.15) is 12.0 Å². The molecule has 17 heavy (non-hydrogen) atoms. The SMILES string of the molecule is CSc1cccc(N(C)CCC(=O)O)c1C#N. The highest BCUT2D eigenvalue weighted by atomic mass is 32.2. The van der Waals surface area contributed by atoms with Gasteiger partial charge in [-0.15, -0.1) is 11.8 Å². The Labute approximate surface area is 105 Å². The van der Waals surface area contributed by atoms with Crippen molar-refractivity contribution in [2.45, 2.75) is 11.3 Å². The van der Waals surface area contributed by atoms with Crippen LogP contribution in [0.5, 0.6) is 0 Å². The van der Waals surface area contributed by atoms with Gasteiger partial charge < -0.3 is 10.0 Å². The summed E-state index contributed by atoms with van der Waals surface area (Å²) in [6, 6.07) is 7.77. The number of nitriles is 1. The lowest BCUT2D eigenvalue weighted by molar-refractivity contribution is -0.136. The van der Waals surface area contributed by atoms with Gasteiger partial charge in [0, 0.05) is 18.5 Å². The highest BCUT2D eigenvalue weighted by molar-refractivity contribution is 7.98. The van der Waals surface area contributed by atoms with E-state index in [1.165, 1.54) is 11.8 Å². The lowest BCUT2D eigenvalue weighted by atomic mass is 10.1. The van der Waals surface area contributed by atoms with Crippen molar-refractivity contribution in [3.05, 3.63) is 23.8 Å². The Morgan fingerprint density at radius 3 is 2.82 bits per heavy atom. The Balaban J connectivity index is 2.97. The maximum atomic E-state index is 10.5. The van der Waals surface area contributed by atoms with E-state index in [-0.39, 0.29) is 6.42 Å². The van der Waals surface area contributed by atoms with Crippen LogP contribution in [0.25, 0.3) is 0 Å². The number of aliphatic carboxylic acids is 1. The zero-order valence-electron chi connectivity index (χ0n) is 9.80. The Kier molecular flexibility index (Phi) is 4.85. The fraction of sp³-hybridized carbons (Fsp3) is 0.333. The zero-order valence-corrected chi connectivity index (χ0v) is 10.6. The first-order chi connectivity index (χ1) is 8.10. The van der Waals surface area contributed by atoms with Crippen LogP contribution in [0.4, 0.5) is 5.69 Å². The van der Waals surface area contributed by atoms with Crippen LogP contribution in [-0.2, 0) is 4.79 Å². The van der Waals surface area contributed by atoms with Crippen LogP contribution in [0.3, 0.4) is 0 Å². The predicted molar refractivity (Wildman–Crippen MR) is 68.5 cm³/mol. The topological polar surface area (TPSA) is 64.3 Å². The second kappa shape index (κ2) is 6.16. The van der Waals surface area contributed by atoms with E-state index in [4.69, 9.17) is 10.4 Å². The molecule has 0 saturated heterocycles. The van der Waals surface area contributed by atoms with Crippen molar-refractivity contribution in [1.82, 2.24) is 0 Å². The van der Waals surface area contributed by atoms with E-state index in [0.717, 1.165) is 10.6 Å². The standard InChI is InChI=1S/C12H14N2O2S/c1-14(7-6-12(15)16)10-4-3-5-11(17-2)9(10)8-13/h3-5H,6-7H2,1-2H3,(H,15,16). The molecule has 0 aliphatic rings. The molecule has 0 atom stereocenters. The number of hydrogen-bond acceptors (Lipinski definition) is 4. The minimum absolute atomic E-state index is 0.0604. The molecule has 0 spiro atoms. The van der Waals surface area contributed by atoms with E-state index in [2.05, 4.69) is 6.07 Å². The van der Waals surface area contributed by atoms with Gasteiger partial charge in [0.1, 0.15) is 6.07 Å². The van der Waals surface area contributed by atoms with Crippen LogP contribution in [0.2, 0.25) is 0 Å². The molecule has 1 rings (SSSR count).